The first-order valence-corrected chi connectivity index (χ1v) is 12.7. The third-order valence-corrected chi connectivity index (χ3v) is 6.56. The van der Waals surface area contributed by atoms with Crippen molar-refractivity contribution in [3.8, 4) is 0 Å². The molecule has 1 saturated heterocycles. The molecule has 0 bridgehead atoms. The van der Waals surface area contributed by atoms with E-state index in [2.05, 4.69) is 18.7 Å². The quantitative estimate of drug-likeness (QED) is 0.235. The Labute approximate surface area is 208 Å². The molecule has 1 aliphatic rings. The smallest absolute Gasteiger partial charge is 0.295 e. The van der Waals surface area contributed by atoms with Crippen LogP contribution in [0.15, 0.2) is 54.1 Å². The highest BCUT2D eigenvalue weighted by atomic mass is 19.1. The highest BCUT2D eigenvalue weighted by molar-refractivity contribution is 6.46. The van der Waals surface area contributed by atoms with E-state index in [1.807, 2.05) is 19.1 Å². The van der Waals surface area contributed by atoms with Gasteiger partial charge >= 0.3 is 0 Å². The summed E-state index contributed by atoms with van der Waals surface area (Å²) in [5.74, 6) is -2.06. The zero-order valence-electron chi connectivity index (χ0n) is 21.1. The summed E-state index contributed by atoms with van der Waals surface area (Å²) in [6, 6.07) is 12.2. The average Bonchev–Trinajstić information content (AvgIpc) is 3.10. The Morgan fingerprint density at radius 1 is 0.971 bits per heavy atom. The molecule has 0 radical (unpaired) electrons. The van der Waals surface area contributed by atoms with Crippen LogP contribution in [-0.2, 0) is 9.59 Å². The Hall–Kier alpha value is -2.99. The van der Waals surface area contributed by atoms with E-state index in [-0.39, 0.29) is 11.3 Å². The molecule has 1 heterocycles. The first-order chi connectivity index (χ1) is 16.9. The maximum atomic E-state index is 14.2. The maximum absolute atomic E-state index is 14.2. The molecular weight excluding hydrogens is 443 g/mol. The number of aryl methyl sites for hydroxylation is 1. The number of benzene rings is 2. The number of aliphatic hydroxyl groups is 1. The first kappa shape index (κ1) is 26.6. The molecule has 3 rings (SSSR count). The standard InChI is InChI=1S/C29H37FN2O3/c1-4-6-16-31(17-7-5-2)18-9-19-32-26(23-10-8-11-24(30)20-23)25(28(34)29(32)35)27(33)22-14-12-21(3)13-15-22/h8,10-15,20,26,33H,4-7,9,16-19H2,1-3H3/b27-25-. The lowest BCUT2D eigenvalue weighted by Gasteiger charge is -2.27. The van der Waals surface area contributed by atoms with Crippen LogP contribution in [0.25, 0.3) is 5.76 Å². The number of unbranched alkanes of at least 4 members (excludes halogenated alkanes) is 2. The van der Waals surface area contributed by atoms with Crippen LogP contribution in [0.4, 0.5) is 4.39 Å². The van der Waals surface area contributed by atoms with E-state index in [9.17, 15) is 19.1 Å². The lowest BCUT2D eigenvalue weighted by Crippen LogP contribution is -2.34. The number of carbonyl (C=O) groups excluding carboxylic acids is 2. The summed E-state index contributed by atoms with van der Waals surface area (Å²) >= 11 is 0. The van der Waals surface area contributed by atoms with E-state index in [1.54, 1.807) is 24.3 Å². The van der Waals surface area contributed by atoms with Gasteiger partial charge in [0.05, 0.1) is 11.6 Å². The number of amides is 1. The molecule has 1 unspecified atom stereocenters. The fourth-order valence-corrected chi connectivity index (χ4v) is 4.56. The van der Waals surface area contributed by atoms with Gasteiger partial charge < -0.3 is 14.9 Å². The highest BCUT2D eigenvalue weighted by Crippen LogP contribution is 2.39. The average molecular weight is 481 g/mol. The molecule has 1 fully saturated rings. The number of hydrogen-bond acceptors (Lipinski definition) is 4. The van der Waals surface area contributed by atoms with Gasteiger partial charge in [-0.25, -0.2) is 4.39 Å². The van der Waals surface area contributed by atoms with Crippen LogP contribution in [-0.4, -0.2) is 52.8 Å². The summed E-state index contributed by atoms with van der Waals surface area (Å²) < 4.78 is 14.2. The molecule has 1 atom stereocenters. The zero-order valence-corrected chi connectivity index (χ0v) is 21.1. The van der Waals surface area contributed by atoms with Gasteiger partial charge in [-0.05, 0) is 63.5 Å². The molecule has 1 aliphatic heterocycles. The van der Waals surface area contributed by atoms with Gasteiger partial charge in [-0.1, -0.05) is 68.7 Å². The summed E-state index contributed by atoms with van der Waals surface area (Å²) in [4.78, 5) is 30.2. The minimum Gasteiger partial charge on any atom is -0.507 e. The van der Waals surface area contributed by atoms with Gasteiger partial charge in [-0.2, -0.15) is 0 Å². The van der Waals surface area contributed by atoms with Gasteiger partial charge in [0.1, 0.15) is 11.6 Å². The van der Waals surface area contributed by atoms with Crippen molar-refractivity contribution < 1.29 is 19.1 Å². The van der Waals surface area contributed by atoms with Crippen LogP contribution in [0.1, 0.15) is 68.7 Å². The second kappa shape index (κ2) is 12.6. The molecule has 6 heteroatoms. The van der Waals surface area contributed by atoms with Crippen molar-refractivity contribution in [2.45, 2.75) is 58.9 Å². The van der Waals surface area contributed by atoms with Crippen molar-refractivity contribution in [1.82, 2.24) is 9.80 Å². The fourth-order valence-electron chi connectivity index (χ4n) is 4.56. The Morgan fingerprint density at radius 3 is 2.20 bits per heavy atom. The summed E-state index contributed by atoms with van der Waals surface area (Å²) in [6.07, 6.45) is 5.17. The predicted octanol–water partition coefficient (Wildman–Crippen LogP) is 5.85. The van der Waals surface area contributed by atoms with Gasteiger partial charge in [0.25, 0.3) is 11.7 Å². The van der Waals surface area contributed by atoms with Crippen molar-refractivity contribution in [3.05, 3.63) is 76.6 Å². The van der Waals surface area contributed by atoms with E-state index >= 15 is 0 Å². The molecule has 188 valence electrons. The third-order valence-electron chi connectivity index (χ3n) is 6.56. The van der Waals surface area contributed by atoms with Crippen molar-refractivity contribution in [3.63, 3.8) is 0 Å². The lowest BCUT2D eigenvalue weighted by atomic mass is 9.95. The number of rotatable bonds is 12. The normalized spacial score (nSPS) is 17.5. The predicted molar refractivity (Wildman–Crippen MR) is 137 cm³/mol. The number of halogens is 1. The molecule has 0 aliphatic carbocycles. The minimum absolute atomic E-state index is 0.0123. The van der Waals surface area contributed by atoms with E-state index in [0.717, 1.165) is 50.9 Å². The molecular formula is C29H37FN2O3. The zero-order chi connectivity index (χ0) is 25.4. The van der Waals surface area contributed by atoms with E-state index in [1.165, 1.54) is 17.0 Å². The molecule has 0 spiro atoms. The Bertz CT molecular complexity index is 1040. The molecule has 0 saturated carbocycles. The Balaban J connectivity index is 1.91. The van der Waals surface area contributed by atoms with Crippen molar-refractivity contribution in [2.24, 2.45) is 0 Å². The molecule has 2 aromatic carbocycles. The van der Waals surface area contributed by atoms with Crippen molar-refractivity contribution in [1.29, 1.82) is 0 Å². The van der Waals surface area contributed by atoms with Crippen molar-refractivity contribution in [2.75, 3.05) is 26.2 Å². The summed E-state index contributed by atoms with van der Waals surface area (Å²) in [5.41, 5.74) is 1.96. The number of aliphatic hydroxyl groups excluding tert-OH is 1. The van der Waals surface area contributed by atoms with Gasteiger partial charge in [0.2, 0.25) is 0 Å². The number of nitrogens with zero attached hydrogens (tertiary/aromatic N) is 2. The fraction of sp³-hybridized carbons (Fsp3) is 0.448. The molecule has 35 heavy (non-hydrogen) atoms. The van der Waals surface area contributed by atoms with Crippen LogP contribution in [0.5, 0.6) is 0 Å². The highest BCUT2D eigenvalue weighted by Gasteiger charge is 2.45. The van der Waals surface area contributed by atoms with E-state index in [0.29, 0.717) is 24.1 Å². The number of hydrogen-bond donors (Lipinski definition) is 1. The molecule has 5 nitrogen and oxygen atoms in total. The minimum atomic E-state index is -0.827. The van der Waals surface area contributed by atoms with Gasteiger partial charge in [0.15, 0.2) is 0 Å². The van der Waals surface area contributed by atoms with Gasteiger partial charge in [-0.3, -0.25) is 9.59 Å². The van der Waals surface area contributed by atoms with Crippen LogP contribution in [0.3, 0.4) is 0 Å². The summed E-state index contributed by atoms with van der Waals surface area (Å²) in [7, 11) is 0. The number of carbonyl (C=O) groups is 2. The lowest BCUT2D eigenvalue weighted by molar-refractivity contribution is -0.140. The Kier molecular flexibility index (Phi) is 9.61. The number of ketones is 1. The third kappa shape index (κ3) is 6.57. The Morgan fingerprint density at radius 2 is 1.60 bits per heavy atom. The number of likely N-dealkylation sites (tertiary alicyclic amines) is 1. The second-order valence-electron chi connectivity index (χ2n) is 9.32. The van der Waals surface area contributed by atoms with Crippen LogP contribution in [0, 0.1) is 12.7 Å². The van der Waals surface area contributed by atoms with Crippen LogP contribution < -0.4 is 0 Å². The van der Waals surface area contributed by atoms with Gasteiger partial charge in [-0.15, -0.1) is 0 Å². The van der Waals surface area contributed by atoms with Crippen LogP contribution in [0.2, 0.25) is 0 Å². The maximum Gasteiger partial charge on any atom is 0.295 e. The summed E-state index contributed by atoms with van der Waals surface area (Å²) in [5, 5.41) is 11.1. The first-order valence-electron chi connectivity index (χ1n) is 12.7. The molecule has 2 aromatic rings. The van der Waals surface area contributed by atoms with E-state index < -0.39 is 23.5 Å². The van der Waals surface area contributed by atoms with Gasteiger partial charge in [0, 0.05) is 12.1 Å². The molecule has 0 aromatic heterocycles. The molecule has 1 amide bonds. The van der Waals surface area contributed by atoms with E-state index in [4.69, 9.17) is 0 Å². The monoisotopic (exact) mass is 480 g/mol. The van der Waals surface area contributed by atoms with Crippen molar-refractivity contribution >= 4 is 17.4 Å². The van der Waals surface area contributed by atoms with Crippen LogP contribution >= 0.6 is 0 Å². The summed E-state index contributed by atoms with van der Waals surface area (Å²) in [6.45, 7) is 9.46. The second-order valence-corrected chi connectivity index (χ2v) is 9.32. The topological polar surface area (TPSA) is 60.9 Å². The number of Topliss-reactive ketones (excluding diaryl/α,β-unsaturated/α-hetero) is 1. The SMILES string of the molecule is CCCCN(CCCC)CCCN1C(=O)C(=O)/C(=C(\O)c2ccc(C)cc2)C1c1cccc(F)c1. The molecule has 1 N–H and O–H groups in total. The largest absolute Gasteiger partial charge is 0.507 e.